The monoisotopic (exact) mass is 375 g/mol. The number of carbonyl (C=O) groups excluding carboxylic acids is 2. The summed E-state index contributed by atoms with van der Waals surface area (Å²) in [6.07, 6.45) is 1.36. The second kappa shape index (κ2) is 7.12. The van der Waals surface area contributed by atoms with E-state index in [0.717, 1.165) is 5.56 Å². The van der Waals surface area contributed by atoms with Gasteiger partial charge in [-0.05, 0) is 36.8 Å². The maximum Gasteiger partial charge on any atom is 0.262 e. The zero-order chi connectivity index (χ0) is 18.7. The second-order valence-electron chi connectivity index (χ2n) is 5.83. The van der Waals surface area contributed by atoms with E-state index < -0.39 is 15.7 Å². The smallest absolute Gasteiger partial charge is 0.262 e. The van der Waals surface area contributed by atoms with Crippen LogP contribution in [0.1, 0.15) is 12.0 Å². The number of rotatable bonds is 5. The van der Waals surface area contributed by atoms with Gasteiger partial charge in [-0.1, -0.05) is 0 Å². The first-order valence-electron chi connectivity index (χ1n) is 7.85. The van der Waals surface area contributed by atoms with E-state index in [9.17, 15) is 18.0 Å². The van der Waals surface area contributed by atoms with Crippen molar-refractivity contribution in [2.45, 2.75) is 18.2 Å². The van der Waals surface area contributed by atoms with Crippen molar-refractivity contribution in [2.24, 2.45) is 0 Å². The molecule has 1 aliphatic heterocycles. The molecule has 0 spiro atoms. The Balaban J connectivity index is 1.65. The molecule has 1 aromatic heterocycles. The lowest BCUT2D eigenvalue weighted by Crippen LogP contribution is -2.25. The summed E-state index contributed by atoms with van der Waals surface area (Å²) in [5, 5.41) is 5.17. The molecule has 1 aliphatic rings. The van der Waals surface area contributed by atoms with Crippen molar-refractivity contribution in [1.82, 2.24) is 4.98 Å². The van der Waals surface area contributed by atoms with Crippen LogP contribution < -0.4 is 15.4 Å². The van der Waals surface area contributed by atoms with E-state index in [2.05, 4.69) is 15.6 Å². The Morgan fingerprint density at radius 2 is 2.12 bits per heavy atom. The van der Waals surface area contributed by atoms with Crippen molar-refractivity contribution in [2.75, 3.05) is 23.0 Å². The number of carbonyl (C=O) groups is 2. The zero-order valence-corrected chi connectivity index (χ0v) is 14.8. The number of anilines is 2. The minimum atomic E-state index is -3.68. The summed E-state index contributed by atoms with van der Waals surface area (Å²) in [5.41, 5.74) is 1.35. The van der Waals surface area contributed by atoms with Gasteiger partial charge in [-0.25, -0.2) is 13.4 Å². The molecule has 3 rings (SSSR count). The fraction of sp³-hybridized carbons (Fsp3) is 0.235. The number of aryl methyl sites for hydroxylation is 1. The van der Waals surface area contributed by atoms with Crippen LogP contribution in [-0.4, -0.2) is 37.6 Å². The molecule has 0 fully saturated rings. The van der Waals surface area contributed by atoms with Crippen LogP contribution >= 0.6 is 0 Å². The van der Waals surface area contributed by atoms with Crippen molar-refractivity contribution >= 4 is 33.2 Å². The standard InChI is InChI=1S/C17H17N3O5S/c1-11-4-6-18-15(8-11)20-16(21)5-7-26(23,24)12-2-3-13-14(9-12)25-10-17(22)19-13/h2-4,6,8-9H,5,7,10H2,1H3,(H,19,22)(H,18,20,21). The highest BCUT2D eigenvalue weighted by Gasteiger charge is 2.22. The Morgan fingerprint density at radius 3 is 2.88 bits per heavy atom. The lowest BCUT2D eigenvalue weighted by atomic mass is 10.2. The molecule has 0 unspecified atom stereocenters. The van der Waals surface area contributed by atoms with Gasteiger partial charge in [0.25, 0.3) is 5.91 Å². The Labute approximate surface area is 150 Å². The first-order valence-corrected chi connectivity index (χ1v) is 9.51. The molecule has 2 aromatic rings. The van der Waals surface area contributed by atoms with Gasteiger partial charge in [-0.15, -0.1) is 0 Å². The molecule has 0 aliphatic carbocycles. The number of nitrogens with zero attached hydrogens (tertiary/aromatic N) is 1. The lowest BCUT2D eigenvalue weighted by molar-refractivity contribution is -0.118. The van der Waals surface area contributed by atoms with Gasteiger partial charge >= 0.3 is 0 Å². The zero-order valence-electron chi connectivity index (χ0n) is 14.0. The van der Waals surface area contributed by atoms with E-state index >= 15 is 0 Å². The molecular formula is C17H17N3O5S. The molecule has 26 heavy (non-hydrogen) atoms. The molecule has 0 saturated heterocycles. The maximum absolute atomic E-state index is 12.5. The molecule has 2 heterocycles. The van der Waals surface area contributed by atoms with Crippen molar-refractivity contribution in [3.8, 4) is 5.75 Å². The first-order chi connectivity index (χ1) is 12.3. The predicted octanol–water partition coefficient (Wildman–Crippen LogP) is 1.52. The number of hydrogen-bond acceptors (Lipinski definition) is 6. The molecular weight excluding hydrogens is 358 g/mol. The molecule has 9 heteroatoms. The number of nitrogens with one attached hydrogen (secondary N) is 2. The highest BCUT2D eigenvalue weighted by molar-refractivity contribution is 7.91. The van der Waals surface area contributed by atoms with Crippen molar-refractivity contribution in [3.05, 3.63) is 42.1 Å². The summed E-state index contributed by atoms with van der Waals surface area (Å²) in [6.45, 7) is 1.70. The van der Waals surface area contributed by atoms with E-state index in [4.69, 9.17) is 4.74 Å². The van der Waals surface area contributed by atoms with Crippen molar-refractivity contribution in [1.29, 1.82) is 0 Å². The Bertz CT molecular complexity index is 972. The average molecular weight is 375 g/mol. The number of fused-ring (bicyclic) bond motifs is 1. The number of sulfone groups is 1. The fourth-order valence-electron chi connectivity index (χ4n) is 2.40. The molecule has 2 N–H and O–H groups in total. The van der Waals surface area contributed by atoms with Gasteiger partial charge in [0.2, 0.25) is 5.91 Å². The number of hydrogen-bond donors (Lipinski definition) is 2. The minimum Gasteiger partial charge on any atom is -0.482 e. The van der Waals surface area contributed by atoms with Gasteiger partial charge in [0.05, 0.1) is 16.3 Å². The van der Waals surface area contributed by atoms with Crippen molar-refractivity contribution in [3.63, 3.8) is 0 Å². The van der Waals surface area contributed by atoms with E-state index in [1.54, 1.807) is 18.3 Å². The highest BCUT2D eigenvalue weighted by atomic mass is 32.2. The quantitative estimate of drug-likeness (QED) is 0.819. The van der Waals surface area contributed by atoms with E-state index in [1.807, 2.05) is 6.92 Å². The molecule has 0 bridgehead atoms. The molecule has 136 valence electrons. The Morgan fingerprint density at radius 1 is 1.31 bits per heavy atom. The van der Waals surface area contributed by atoms with E-state index in [-0.39, 0.29) is 29.6 Å². The van der Waals surface area contributed by atoms with Crippen LogP contribution in [0.25, 0.3) is 0 Å². The third kappa shape index (κ3) is 4.17. The fourth-order valence-corrected chi connectivity index (χ4v) is 3.65. The summed E-state index contributed by atoms with van der Waals surface area (Å²) in [7, 11) is -3.68. The van der Waals surface area contributed by atoms with Crippen LogP contribution in [0.5, 0.6) is 5.75 Å². The highest BCUT2D eigenvalue weighted by Crippen LogP contribution is 2.30. The molecule has 8 nitrogen and oxygen atoms in total. The van der Waals surface area contributed by atoms with Crippen LogP contribution in [0, 0.1) is 6.92 Å². The number of benzene rings is 1. The van der Waals surface area contributed by atoms with Gasteiger partial charge in [-0.2, -0.15) is 0 Å². The Kier molecular flexibility index (Phi) is 4.90. The van der Waals surface area contributed by atoms with Crippen LogP contribution in [0.3, 0.4) is 0 Å². The van der Waals surface area contributed by atoms with Crippen LogP contribution in [0.4, 0.5) is 11.5 Å². The maximum atomic E-state index is 12.5. The van der Waals surface area contributed by atoms with E-state index in [1.165, 1.54) is 18.2 Å². The van der Waals surface area contributed by atoms with Crippen LogP contribution in [0.2, 0.25) is 0 Å². The topological polar surface area (TPSA) is 114 Å². The lowest BCUT2D eigenvalue weighted by Gasteiger charge is -2.18. The molecule has 0 saturated carbocycles. The minimum absolute atomic E-state index is 0.0360. The number of amides is 2. The number of ether oxygens (including phenoxy) is 1. The summed E-state index contributed by atoms with van der Waals surface area (Å²) in [4.78, 5) is 27.3. The third-order valence-electron chi connectivity index (χ3n) is 3.73. The molecule has 2 amide bonds. The van der Waals surface area contributed by atoms with Crippen LogP contribution in [-0.2, 0) is 19.4 Å². The average Bonchev–Trinajstić information content (AvgIpc) is 2.59. The summed E-state index contributed by atoms with van der Waals surface area (Å²) >= 11 is 0. The van der Waals surface area contributed by atoms with Crippen LogP contribution in [0.15, 0.2) is 41.4 Å². The first kappa shape index (κ1) is 17.9. The predicted molar refractivity (Wildman–Crippen MR) is 94.8 cm³/mol. The Hall–Kier alpha value is -2.94. The van der Waals surface area contributed by atoms with Crippen molar-refractivity contribution < 1.29 is 22.7 Å². The summed E-state index contributed by atoms with van der Waals surface area (Å²) in [5.74, 6) is -0.414. The van der Waals surface area contributed by atoms with Gasteiger partial charge in [0, 0.05) is 18.7 Å². The SMILES string of the molecule is Cc1ccnc(NC(=O)CCS(=O)(=O)c2ccc3c(c2)OCC(=O)N3)c1. The second-order valence-corrected chi connectivity index (χ2v) is 7.94. The summed E-state index contributed by atoms with van der Waals surface area (Å²) in [6, 6.07) is 7.69. The number of pyridine rings is 1. The molecule has 0 radical (unpaired) electrons. The summed E-state index contributed by atoms with van der Waals surface area (Å²) < 4.78 is 30.1. The normalized spacial score (nSPS) is 13.3. The largest absolute Gasteiger partial charge is 0.482 e. The van der Waals surface area contributed by atoms with Gasteiger partial charge < -0.3 is 15.4 Å². The number of aromatic nitrogens is 1. The van der Waals surface area contributed by atoms with E-state index in [0.29, 0.717) is 17.3 Å². The molecule has 1 aromatic carbocycles. The van der Waals surface area contributed by atoms with Gasteiger partial charge in [0.1, 0.15) is 11.6 Å². The van der Waals surface area contributed by atoms with Gasteiger partial charge in [-0.3, -0.25) is 9.59 Å². The molecule has 0 atom stereocenters. The van der Waals surface area contributed by atoms with Gasteiger partial charge in [0.15, 0.2) is 16.4 Å². The third-order valence-corrected chi connectivity index (χ3v) is 5.44.